The lowest BCUT2D eigenvalue weighted by atomic mass is 10.1. The molecule has 1 rings (SSSR count). The molecule has 0 radical (unpaired) electrons. The summed E-state index contributed by atoms with van der Waals surface area (Å²) in [6.07, 6.45) is 0. The van der Waals surface area contributed by atoms with Gasteiger partial charge in [0.1, 0.15) is 11.5 Å². The van der Waals surface area contributed by atoms with E-state index in [9.17, 15) is 9.59 Å². The van der Waals surface area contributed by atoms with E-state index in [0.29, 0.717) is 0 Å². The number of hydrogen-bond donors (Lipinski definition) is 1. The largest absolute Gasteiger partial charge is 0.507 e. The molecule has 0 saturated carbocycles. The average Bonchev–Trinajstić information content (AvgIpc) is 1.82. The van der Waals surface area contributed by atoms with E-state index in [4.69, 9.17) is 5.11 Å². The van der Waals surface area contributed by atoms with Crippen molar-refractivity contribution in [2.24, 2.45) is 0 Å². The molecule has 12 heavy (non-hydrogen) atoms. The summed E-state index contributed by atoms with van der Waals surface area (Å²) in [4.78, 5) is 21.5. The smallest absolute Gasteiger partial charge is 0.339 e. The molecule has 0 aliphatic carbocycles. The summed E-state index contributed by atoms with van der Waals surface area (Å²) in [7, 11) is 0. The summed E-state index contributed by atoms with van der Waals surface area (Å²) in [6.45, 7) is 2.75. The first-order chi connectivity index (χ1) is 5.52. The molecule has 1 N–H and O–H groups in total. The number of Topliss-reactive ketones (excluding diaryl/α,β-unsaturated/α-hetero) is 1. The van der Waals surface area contributed by atoms with Crippen molar-refractivity contribution in [2.75, 3.05) is 0 Å². The van der Waals surface area contributed by atoms with Crippen LogP contribution in [-0.2, 0) is 0 Å². The van der Waals surface area contributed by atoms with Crippen LogP contribution >= 0.6 is 0 Å². The van der Waals surface area contributed by atoms with E-state index in [-0.39, 0.29) is 22.9 Å². The van der Waals surface area contributed by atoms with Crippen LogP contribution in [0.5, 0.6) is 5.75 Å². The van der Waals surface area contributed by atoms with Gasteiger partial charge in [0.25, 0.3) is 0 Å². The summed E-state index contributed by atoms with van der Waals surface area (Å²) in [5, 5.41) is 9.16. The topological polar surface area (TPSA) is 67.5 Å². The predicted octanol–water partition coefficient (Wildman–Crippen LogP) is 0.856. The molecule has 0 aliphatic rings. The van der Waals surface area contributed by atoms with Gasteiger partial charge in [0.2, 0.25) is 0 Å². The Balaban J connectivity index is 3.48. The van der Waals surface area contributed by atoms with Crippen LogP contribution < -0.4 is 5.63 Å². The fraction of sp³-hybridized carbons (Fsp3) is 0.250. The van der Waals surface area contributed by atoms with Crippen molar-refractivity contribution in [3.63, 3.8) is 0 Å². The molecule has 0 saturated heterocycles. The zero-order valence-electron chi connectivity index (χ0n) is 6.75. The molecule has 0 atom stereocenters. The lowest BCUT2D eigenvalue weighted by Crippen LogP contribution is -2.04. The van der Waals surface area contributed by atoms with E-state index in [1.807, 2.05) is 0 Å². The van der Waals surface area contributed by atoms with E-state index < -0.39 is 5.63 Å². The van der Waals surface area contributed by atoms with Crippen LogP contribution in [-0.4, -0.2) is 10.9 Å². The standard InChI is InChI=1S/C8H8O4/c1-4(9)8-5(2)12-7(11)3-6(8)10/h3,10H,1-2H3. The van der Waals surface area contributed by atoms with Crippen LogP contribution in [0.4, 0.5) is 0 Å². The summed E-state index contributed by atoms with van der Waals surface area (Å²) >= 11 is 0. The van der Waals surface area contributed by atoms with Gasteiger partial charge in [0.05, 0.1) is 11.6 Å². The number of ketones is 1. The Hall–Kier alpha value is -1.58. The zero-order valence-corrected chi connectivity index (χ0v) is 6.75. The maximum Gasteiger partial charge on any atom is 0.339 e. The Morgan fingerprint density at radius 1 is 1.58 bits per heavy atom. The van der Waals surface area contributed by atoms with Crippen LogP contribution in [0.1, 0.15) is 23.0 Å². The molecule has 0 fully saturated rings. The summed E-state index contributed by atoms with van der Waals surface area (Å²) in [5.74, 6) is -0.502. The minimum Gasteiger partial charge on any atom is -0.507 e. The number of carbonyl (C=O) groups excluding carboxylic acids is 1. The van der Waals surface area contributed by atoms with Gasteiger partial charge >= 0.3 is 5.63 Å². The van der Waals surface area contributed by atoms with Crippen molar-refractivity contribution < 1.29 is 14.3 Å². The second-order valence-corrected chi connectivity index (χ2v) is 2.44. The van der Waals surface area contributed by atoms with Crippen molar-refractivity contribution in [2.45, 2.75) is 13.8 Å². The van der Waals surface area contributed by atoms with Gasteiger partial charge in [0.15, 0.2) is 5.78 Å². The summed E-state index contributed by atoms with van der Waals surface area (Å²) < 4.78 is 4.61. The fourth-order valence-corrected chi connectivity index (χ4v) is 1.02. The zero-order chi connectivity index (χ0) is 9.30. The first-order valence-corrected chi connectivity index (χ1v) is 3.37. The molecule has 0 spiro atoms. The maximum absolute atomic E-state index is 10.9. The molecule has 1 heterocycles. The van der Waals surface area contributed by atoms with E-state index in [0.717, 1.165) is 6.07 Å². The average molecular weight is 168 g/mol. The van der Waals surface area contributed by atoms with Crippen LogP contribution in [0.15, 0.2) is 15.3 Å². The third-order valence-electron chi connectivity index (χ3n) is 1.47. The molecule has 1 aromatic rings. The van der Waals surface area contributed by atoms with E-state index in [2.05, 4.69) is 4.42 Å². The third-order valence-corrected chi connectivity index (χ3v) is 1.47. The van der Waals surface area contributed by atoms with Gasteiger partial charge in [-0.05, 0) is 13.8 Å². The molecule has 0 unspecified atom stereocenters. The molecule has 0 amide bonds. The molecule has 0 aliphatic heterocycles. The van der Waals surface area contributed by atoms with Gasteiger partial charge in [-0.3, -0.25) is 4.79 Å². The summed E-state index contributed by atoms with van der Waals surface area (Å²) in [6, 6.07) is 0.879. The van der Waals surface area contributed by atoms with Crippen molar-refractivity contribution in [1.82, 2.24) is 0 Å². The Morgan fingerprint density at radius 2 is 2.17 bits per heavy atom. The van der Waals surface area contributed by atoms with E-state index in [1.54, 1.807) is 0 Å². The van der Waals surface area contributed by atoms with E-state index >= 15 is 0 Å². The molecule has 4 nitrogen and oxygen atoms in total. The number of carbonyl (C=O) groups is 1. The number of aromatic hydroxyl groups is 1. The van der Waals surface area contributed by atoms with Crippen LogP contribution in [0, 0.1) is 6.92 Å². The molecular formula is C8H8O4. The minimum absolute atomic E-state index is 0.0644. The lowest BCUT2D eigenvalue weighted by Gasteiger charge is -2.00. The Kier molecular flexibility index (Phi) is 1.99. The number of hydrogen-bond acceptors (Lipinski definition) is 4. The highest BCUT2D eigenvalue weighted by atomic mass is 16.4. The highest BCUT2D eigenvalue weighted by Gasteiger charge is 2.12. The predicted molar refractivity (Wildman–Crippen MR) is 41.4 cm³/mol. The van der Waals surface area contributed by atoms with Crippen LogP contribution in [0.2, 0.25) is 0 Å². The highest BCUT2D eigenvalue weighted by Crippen LogP contribution is 2.17. The van der Waals surface area contributed by atoms with Gasteiger partial charge in [0, 0.05) is 0 Å². The Labute approximate surface area is 68.4 Å². The maximum atomic E-state index is 10.9. The van der Waals surface area contributed by atoms with Crippen molar-refractivity contribution in [1.29, 1.82) is 0 Å². The van der Waals surface area contributed by atoms with Gasteiger partial charge in [-0.15, -0.1) is 0 Å². The molecule has 1 aromatic heterocycles. The normalized spacial score (nSPS) is 9.83. The minimum atomic E-state index is -0.657. The SMILES string of the molecule is CC(=O)c1c(O)cc(=O)oc1C. The first-order valence-electron chi connectivity index (χ1n) is 3.37. The number of rotatable bonds is 1. The second-order valence-electron chi connectivity index (χ2n) is 2.44. The van der Waals surface area contributed by atoms with Gasteiger partial charge in [-0.2, -0.15) is 0 Å². The van der Waals surface area contributed by atoms with Crippen LogP contribution in [0.25, 0.3) is 0 Å². The summed E-state index contributed by atoms with van der Waals surface area (Å²) in [5.41, 5.74) is -0.593. The van der Waals surface area contributed by atoms with Crippen LogP contribution in [0.3, 0.4) is 0 Å². The fourth-order valence-electron chi connectivity index (χ4n) is 1.02. The van der Waals surface area contributed by atoms with Crippen molar-refractivity contribution in [3.8, 4) is 5.75 Å². The van der Waals surface area contributed by atoms with Crippen molar-refractivity contribution in [3.05, 3.63) is 27.8 Å². The molecule has 0 bridgehead atoms. The molecule has 64 valence electrons. The number of aryl methyl sites for hydroxylation is 1. The quantitative estimate of drug-likeness (QED) is 0.631. The van der Waals surface area contributed by atoms with Crippen molar-refractivity contribution >= 4 is 5.78 Å². The first kappa shape index (κ1) is 8.52. The van der Waals surface area contributed by atoms with Gasteiger partial charge < -0.3 is 9.52 Å². The third kappa shape index (κ3) is 1.37. The van der Waals surface area contributed by atoms with Gasteiger partial charge in [-0.25, -0.2) is 4.79 Å². The molecule has 4 heteroatoms. The molecule has 0 aromatic carbocycles. The Morgan fingerprint density at radius 3 is 2.58 bits per heavy atom. The Bertz CT molecular complexity index is 349. The lowest BCUT2D eigenvalue weighted by molar-refractivity contribution is 0.101. The van der Waals surface area contributed by atoms with Gasteiger partial charge in [-0.1, -0.05) is 0 Å². The monoisotopic (exact) mass is 168 g/mol. The van der Waals surface area contributed by atoms with E-state index in [1.165, 1.54) is 13.8 Å². The highest BCUT2D eigenvalue weighted by molar-refractivity contribution is 5.97. The molecular weight excluding hydrogens is 160 g/mol. The second kappa shape index (κ2) is 2.81.